The number of nitrogens with zero attached hydrogens (tertiary/aromatic N) is 2. The summed E-state index contributed by atoms with van der Waals surface area (Å²) in [6, 6.07) is 14.8. The monoisotopic (exact) mass is 420 g/mol. The van der Waals surface area contributed by atoms with Gasteiger partial charge in [-0.25, -0.2) is 0 Å². The smallest absolute Gasteiger partial charge is 0.254 e. The Balaban J connectivity index is 1.82. The highest BCUT2D eigenvalue weighted by atomic mass is 16.5. The molecule has 2 aromatic carbocycles. The highest BCUT2D eigenvalue weighted by molar-refractivity contribution is 5.95. The Morgan fingerprint density at radius 2 is 1.87 bits per heavy atom. The molecule has 31 heavy (non-hydrogen) atoms. The molecular weight excluding hydrogens is 384 g/mol. The number of benzene rings is 2. The van der Waals surface area contributed by atoms with Crippen molar-refractivity contribution in [2.45, 2.75) is 46.1 Å². The molecule has 0 radical (unpaired) electrons. The van der Waals surface area contributed by atoms with E-state index in [1.54, 1.807) is 7.11 Å². The van der Waals surface area contributed by atoms with Gasteiger partial charge >= 0.3 is 0 Å². The number of carbonyl (C=O) groups is 1. The number of amides is 1. The van der Waals surface area contributed by atoms with Gasteiger partial charge < -0.3 is 14.5 Å². The molecule has 166 valence electrons. The molecule has 1 aliphatic heterocycles. The first-order valence-corrected chi connectivity index (χ1v) is 11.3. The molecular formula is C27H36N2O2. The molecule has 0 N–H and O–H groups in total. The van der Waals surface area contributed by atoms with Crippen molar-refractivity contribution in [2.24, 2.45) is 0 Å². The van der Waals surface area contributed by atoms with E-state index in [2.05, 4.69) is 37.1 Å². The fourth-order valence-corrected chi connectivity index (χ4v) is 4.66. The highest BCUT2D eigenvalue weighted by Crippen LogP contribution is 2.26. The van der Waals surface area contributed by atoms with Gasteiger partial charge in [0.1, 0.15) is 5.75 Å². The molecule has 4 nitrogen and oxygen atoms in total. The minimum atomic E-state index is 0.0929. The number of carbonyl (C=O) groups excluding carboxylic acids is 1. The van der Waals surface area contributed by atoms with Gasteiger partial charge in [-0.2, -0.15) is 0 Å². The predicted octanol–water partition coefficient (Wildman–Crippen LogP) is 5.34. The Morgan fingerprint density at radius 1 is 1.19 bits per heavy atom. The van der Waals surface area contributed by atoms with Gasteiger partial charge in [0, 0.05) is 24.7 Å². The van der Waals surface area contributed by atoms with Crippen molar-refractivity contribution in [1.82, 2.24) is 9.80 Å². The van der Waals surface area contributed by atoms with E-state index in [0.717, 1.165) is 42.0 Å². The van der Waals surface area contributed by atoms with Crippen LogP contribution in [0.5, 0.6) is 5.75 Å². The van der Waals surface area contributed by atoms with Crippen molar-refractivity contribution in [3.8, 4) is 5.75 Å². The molecule has 0 aromatic heterocycles. The maximum Gasteiger partial charge on any atom is 0.254 e. The number of rotatable bonds is 8. The van der Waals surface area contributed by atoms with Gasteiger partial charge in [0.05, 0.1) is 7.11 Å². The van der Waals surface area contributed by atoms with Crippen LogP contribution >= 0.6 is 0 Å². The van der Waals surface area contributed by atoms with Crippen molar-refractivity contribution in [2.75, 3.05) is 33.8 Å². The second kappa shape index (κ2) is 10.6. The van der Waals surface area contributed by atoms with E-state index in [4.69, 9.17) is 4.74 Å². The number of hydrogen-bond acceptors (Lipinski definition) is 3. The van der Waals surface area contributed by atoms with Crippen LogP contribution in [0, 0.1) is 13.8 Å². The topological polar surface area (TPSA) is 32.8 Å². The first-order chi connectivity index (χ1) is 14.9. The van der Waals surface area contributed by atoms with Crippen LogP contribution in [0.4, 0.5) is 0 Å². The summed E-state index contributed by atoms with van der Waals surface area (Å²) in [6.45, 7) is 8.66. The number of aryl methyl sites for hydroxylation is 2. The summed E-state index contributed by atoms with van der Waals surface area (Å²) in [7, 11) is 3.87. The molecule has 1 aliphatic rings. The molecule has 1 unspecified atom stereocenters. The van der Waals surface area contributed by atoms with E-state index >= 15 is 0 Å². The average Bonchev–Trinajstić information content (AvgIpc) is 3.15. The standard InChI is InChI=1S/C27H36N2O2/c1-20(16-23-10-7-6-8-11-23)19-29(15-13-25-12-9-14-28(25)4)27(30)24-17-21(2)26(31-5)22(3)18-24/h6-8,10-11,16-18,25H,9,12-15,19H2,1-5H3. The minimum absolute atomic E-state index is 0.0929. The maximum absolute atomic E-state index is 13.6. The van der Waals surface area contributed by atoms with Gasteiger partial charge in [-0.3, -0.25) is 4.79 Å². The van der Waals surface area contributed by atoms with Crippen LogP contribution in [0.1, 0.15) is 53.2 Å². The predicted molar refractivity (Wildman–Crippen MR) is 129 cm³/mol. The number of methoxy groups -OCH3 is 1. The zero-order valence-electron chi connectivity index (χ0n) is 19.6. The first-order valence-electron chi connectivity index (χ1n) is 11.3. The third-order valence-electron chi connectivity index (χ3n) is 6.26. The van der Waals surface area contributed by atoms with Crippen molar-refractivity contribution in [3.05, 3.63) is 70.3 Å². The van der Waals surface area contributed by atoms with Crippen LogP contribution in [-0.2, 0) is 0 Å². The fraction of sp³-hybridized carbons (Fsp3) is 0.444. The lowest BCUT2D eigenvalue weighted by atomic mass is 10.0. The third-order valence-corrected chi connectivity index (χ3v) is 6.26. The summed E-state index contributed by atoms with van der Waals surface area (Å²) in [5.74, 6) is 0.950. The van der Waals surface area contributed by atoms with Crippen molar-refractivity contribution < 1.29 is 9.53 Å². The molecule has 1 fully saturated rings. The minimum Gasteiger partial charge on any atom is -0.496 e. The summed E-state index contributed by atoms with van der Waals surface area (Å²) < 4.78 is 5.49. The third kappa shape index (κ3) is 5.98. The van der Waals surface area contributed by atoms with E-state index in [-0.39, 0.29) is 5.91 Å². The Kier molecular flexibility index (Phi) is 7.91. The lowest BCUT2D eigenvalue weighted by Crippen LogP contribution is -2.37. The second-order valence-corrected chi connectivity index (χ2v) is 8.84. The van der Waals surface area contributed by atoms with Crippen LogP contribution in [0.3, 0.4) is 0 Å². The first kappa shape index (κ1) is 23.1. The van der Waals surface area contributed by atoms with Crippen LogP contribution < -0.4 is 4.74 Å². The zero-order valence-corrected chi connectivity index (χ0v) is 19.6. The quantitative estimate of drug-likeness (QED) is 0.578. The lowest BCUT2D eigenvalue weighted by molar-refractivity contribution is 0.0757. The van der Waals surface area contributed by atoms with E-state index in [1.807, 2.05) is 49.1 Å². The molecule has 1 saturated heterocycles. The van der Waals surface area contributed by atoms with Crippen molar-refractivity contribution in [3.63, 3.8) is 0 Å². The summed E-state index contributed by atoms with van der Waals surface area (Å²) >= 11 is 0. The largest absolute Gasteiger partial charge is 0.496 e. The second-order valence-electron chi connectivity index (χ2n) is 8.84. The SMILES string of the molecule is COc1c(C)cc(C(=O)N(CCC2CCCN2C)CC(C)=Cc2ccccc2)cc1C. The number of likely N-dealkylation sites (tertiary alicyclic amines) is 1. The molecule has 0 aliphatic carbocycles. The summed E-state index contributed by atoms with van der Waals surface area (Å²) in [5.41, 5.74) is 5.08. The van der Waals surface area contributed by atoms with Crippen LogP contribution in [0.15, 0.2) is 48.0 Å². The summed E-state index contributed by atoms with van der Waals surface area (Å²) in [4.78, 5) is 18.0. The fourth-order valence-electron chi connectivity index (χ4n) is 4.66. The average molecular weight is 421 g/mol. The molecule has 0 bridgehead atoms. The van der Waals surface area contributed by atoms with Gasteiger partial charge in [-0.05, 0) is 82.4 Å². The van der Waals surface area contributed by atoms with Crippen molar-refractivity contribution in [1.29, 1.82) is 0 Å². The van der Waals surface area contributed by atoms with Crippen LogP contribution in [-0.4, -0.2) is 55.5 Å². The Bertz CT molecular complexity index is 897. The van der Waals surface area contributed by atoms with E-state index in [9.17, 15) is 4.79 Å². The highest BCUT2D eigenvalue weighted by Gasteiger charge is 2.24. The normalized spacial score (nSPS) is 17.1. The molecule has 1 atom stereocenters. The Hall–Kier alpha value is -2.59. The van der Waals surface area contributed by atoms with E-state index < -0.39 is 0 Å². The zero-order chi connectivity index (χ0) is 22.4. The molecule has 4 heteroatoms. The molecule has 1 amide bonds. The molecule has 2 aromatic rings. The molecule has 1 heterocycles. The van der Waals surface area contributed by atoms with Gasteiger partial charge in [0.2, 0.25) is 0 Å². The summed E-state index contributed by atoms with van der Waals surface area (Å²) in [6.07, 6.45) is 5.65. The molecule has 0 saturated carbocycles. The lowest BCUT2D eigenvalue weighted by Gasteiger charge is -2.27. The van der Waals surface area contributed by atoms with Crippen molar-refractivity contribution >= 4 is 12.0 Å². The van der Waals surface area contributed by atoms with E-state index in [0.29, 0.717) is 12.6 Å². The molecule has 0 spiro atoms. The Labute approximate surface area is 187 Å². The molecule has 3 rings (SSSR count). The number of ether oxygens (including phenoxy) is 1. The van der Waals surface area contributed by atoms with Crippen LogP contribution in [0.2, 0.25) is 0 Å². The van der Waals surface area contributed by atoms with Gasteiger partial charge in [-0.1, -0.05) is 42.0 Å². The van der Waals surface area contributed by atoms with Crippen LogP contribution in [0.25, 0.3) is 6.08 Å². The van der Waals surface area contributed by atoms with Gasteiger partial charge in [-0.15, -0.1) is 0 Å². The maximum atomic E-state index is 13.6. The number of hydrogen-bond donors (Lipinski definition) is 0. The van der Waals surface area contributed by atoms with Gasteiger partial charge in [0.15, 0.2) is 0 Å². The van der Waals surface area contributed by atoms with E-state index in [1.165, 1.54) is 24.0 Å². The summed E-state index contributed by atoms with van der Waals surface area (Å²) in [5, 5.41) is 0. The van der Waals surface area contributed by atoms with Gasteiger partial charge in [0.25, 0.3) is 5.91 Å². The Morgan fingerprint density at radius 3 is 2.45 bits per heavy atom.